The van der Waals surface area contributed by atoms with Crippen molar-refractivity contribution in [3.8, 4) is 0 Å². The molecule has 0 atom stereocenters. The highest BCUT2D eigenvalue weighted by Crippen LogP contribution is 2.14. The largest absolute Gasteiger partial charge is 0.399 e. The summed E-state index contributed by atoms with van der Waals surface area (Å²) in [6.45, 7) is 2.28. The van der Waals surface area contributed by atoms with Crippen LogP contribution in [0.4, 0.5) is 5.69 Å². The number of anilines is 1. The van der Waals surface area contributed by atoms with Gasteiger partial charge >= 0.3 is 0 Å². The van der Waals surface area contributed by atoms with Crippen molar-refractivity contribution in [3.63, 3.8) is 0 Å². The zero-order valence-electron chi connectivity index (χ0n) is 13.4. The van der Waals surface area contributed by atoms with Gasteiger partial charge in [-0.2, -0.15) is 0 Å². The van der Waals surface area contributed by atoms with Crippen LogP contribution in [-0.4, -0.2) is 0 Å². The lowest BCUT2D eigenvalue weighted by Crippen LogP contribution is -1.89. The van der Waals surface area contributed by atoms with E-state index in [4.69, 9.17) is 5.73 Å². The summed E-state index contributed by atoms with van der Waals surface area (Å²) in [5, 5.41) is 0. The van der Waals surface area contributed by atoms with Crippen LogP contribution in [0.15, 0.2) is 24.3 Å². The molecule has 0 saturated carbocycles. The van der Waals surface area contributed by atoms with Gasteiger partial charge in [-0.05, 0) is 30.5 Å². The lowest BCUT2D eigenvalue weighted by molar-refractivity contribution is 0.549. The first kappa shape index (κ1) is 17.1. The molecule has 0 fully saturated rings. The van der Waals surface area contributed by atoms with Crippen LogP contribution >= 0.6 is 0 Å². The second kappa shape index (κ2) is 11.8. The van der Waals surface area contributed by atoms with E-state index < -0.39 is 0 Å². The molecule has 114 valence electrons. The third-order valence-corrected chi connectivity index (χ3v) is 4.02. The molecule has 20 heavy (non-hydrogen) atoms. The third kappa shape index (κ3) is 9.01. The fourth-order valence-corrected chi connectivity index (χ4v) is 2.74. The summed E-state index contributed by atoms with van der Waals surface area (Å²) in [5.74, 6) is 0. The lowest BCUT2D eigenvalue weighted by Gasteiger charge is -2.04. The minimum Gasteiger partial charge on any atom is -0.399 e. The van der Waals surface area contributed by atoms with E-state index in [0.29, 0.717) is 0 Å². The Morgan fingerprint density at radius 1 is 0.750 bits per heavy atom. The van der Waals surface area contributed by atoms with Crippen molar-refractivity contribution in [1.82, 2.24) is 0 Å². The number of hydrogen-bond donors (Lipinski definition) is 1. The number of hydrogen-bond acceptors (Lipinski definition) is 1. The second-order valence-electron chi connectivity index (χ2n) is 6.03. The van der Waals surface area contributed by atoms with Crippen LogP contribution in [-0.2, 0) is 6.42 Å². The highest BCUT2D eigenvalue weighted by atomic mass is 14.5. The summed E-state index contributed by atoms with van der Waals surface area (Å²) in [6, 6.07) is 8.32. The first-order valence-electron chi connectivity index (χ1n) is 8.67. The van der Waals surface area contributed by atoms with Gasteiger partial charge < -0.3 is 5.73 Å². The molecule has 1 aromatic carbocycles. The van der Waals surface area contributed by atoms with E-state index in [2.05, 4.69) is 25.1 Å². The topological polar surface area (TPSA) is 26.0 Å². The van der Waals surface area contributed by atoms with Crippen LogP contribution in [0.1, 0.15) is 83.1 Å². The fraction of sp³-hybridized carbons (Fsp3) is 0.684. The Bertz CT molecular complexity index is 332. The minimum absolute atomic E-state index is 0.894. The van der Waals surface area contributed by atoms with Crippen molar-refractivity contribution in [2.75, 3.05) is 5.73 Å². The summed E-state index contributed by atoms with van der Waals surface area (Å²) in [5.41, 5.74) is 8.07. The molecule has 1 aromatic rings. The van der Waals surface area contributed by atoms with Crippen molar-refractivity contribution in [2.45, 2.75) is 84.0 Å². The van der Waals surface area contributed by atoms with Crippen LogP contribution in [0.25, 0.3) is 0 Å². The molecule has 0 aliphatic rings. The third-order valence-electron chi connectivity index (χ3n) is 4.02. The second-order valence-corrected chi connectivity index (χ2v) is 6.03. The molecule has 2 N–H and O–H groups in total. The number of rotatable bonds is 12. The molecule has 1 heteroatoms. The molecule has 0 spiro atoms. The maximum Gasteiger partial charge on any atom is 0.0316 e. The Morgan fingerprint density at radius 3 is 1.85 bits per heavy atom. The summed E-state index contributed by atoms with van der Waals surface area (Å²) in [7, 11) is 0. The van der Waals surface area contributed by atoms with Gasteiger partial charge in [0.05, 0.1) is 0 Å². The predicted octanol–water partition coefficient (Wildman–Crippen LogP) is 6.12. The van der Waals surface area contributed by atoms with E-state index in [1.807, 2.05) is 6.07 Å². The van der Waals surface area contributed by atoms with Gasteiger partial charge in [0.25, 0.3) is 0 Å². The Balaban J connectivity index is 1.85. The molecule has 0 aliphatic carbocycles. The quantitative estimate of drug-likeness (QED) is 0.361. The highest BCUT2D eigenvalue weighted by Gasteiger charge is 1.95. The van der Waals surface area contributed by atoms with E-state index in [0.717, 1.165) is 5.69 Å². The Labute approximate surface area is 126 Å². The van der Waals surface area contributed by atoms with Gasteiger partial charge in [0.2, 0.25) is 0 Å². The van der Waals surface area contributed by atoms with Crippen LogP contribution in [0.2, 0.25) is 0 Å². The number of benzene rings is 1. The van der Waals surface area contributed by atoms with Crippen molar-refractivity contribution < 1.29 is 0 Å². The van der Waals surface area contributed by atoms with Gasteiger partial charge in [-0.15, -0.1) is 0 Å². The zero-order valence-corrected chi connectivity index (χ0v) is 13.4. The molecular formula is C19H33N. The standard InChI is InChI=1S/C19H33N/c1-2-3-4-5-6-7-8-9-10-11-12-14-18-15-13-16-19(20)17-18/h13,15-17H,2-12,14,20H2,1H3. The highest BCUT2D eigenvalue weighted by molar-refractivity contribution is 5.40. The van der Waals surface area contributed by atoms with Gasteiger partial charge in [-0.3, -0.25) is 0 Å². The Hall–Kier alpha value is -0.980. The number of aryl methyl sites for hydroxylation is 1. The first-order chi connectivity index (χ1) is 9.83. The molecule has 1 nitrogen and oxygen atoms in total. The Morgan fingerprint density at radius 2 is 1.30 bits per heavy atom. The van der Waals surface area contributed by atoms with Crippen LogP contribution in [0, 0.1) is 0 Å². The maximum atomic E-state index is 5.79. The van der Waals surface area contributed by atoms with Crippen molar-refractivity contribution in [1.29, 1.82) is 0 Å². The van der Waals surface area contributed by atoms with Crippen LogP contribution in [0.5, 0.6) is 0 Å². The Kier molecular flexibility index (Phi) is 10.1. The predicted molar refractivity (Wildman–Crippen MR) is 91.0 cm³/mol. The summed E-state index contributed by atoms with van der Waals surface area (Å²) >= 11 is 0. The zero-order chi connectivity index (χ0) is 14.5. The molecule has 0 bridgehead atoms. The van der Waals surface area contributed by atoms with E-state index in [1.54, 1.807) is 0 Å². The van der Waals surface area contributed by atoms with E-state index in [-0.39, 0.29) is 0 Å². The van der Waals surface area contributed by atoms with Crippen LogP contribution < -0.4 is 5.73 Å². The average Bonchev–Trinajstić information content (AvgIpc) is 2.45. The molecule has 1 rings (SSSR count). The molecular weight excluding hydrogens is 242 g/mol. The first-order valence-corrected chi connectivity index (χ1v) is 8.67. The van der Waals surface area contributed by atoms with Gasteiger partial charge in [0, 0.05) is 5.69 Å². The van der Waals surface area contributed by atoms with Crippen molar-refractivity contribution in [2.24, 2.45) is 0 Å². The van der Waals surface area contributed by atoms with Gasteiger partial charge in [0.15, 0.2) is 0 Å². The van der Waals surface area contributed by atoms with E-state index >= 15 is 0 Å². The summed E-state index contributed by atoms with van der Waals surface area (Å²) in [6.07, 6.45) is 16.7. The fourth-order valence-electron chi connectivity index (χ4n) is 2.74. The number of unbranched alkanes of at least 4 members (excludes halogenated alkanes) is 10. The van der Waals surface area contributed by atoms with Crippen LogP contribution in [0.3, 0.4) is 0 Å². The van der Waals surface area contributed by atoms with E-state index in [9.17, 15) is 0 Å². The van der Waals surface area contributed by atoms with Gasteiger partial charge in [-0.25, -0.2) is 0 Å². The normalized spacial score (nSPS) is 10.8. The van der Waals surface area contributed by atoms with Gasteiger partial charge in [-0.1, -0.05) is 83.3 Å². The SMILES string of the molecule is CCCCCCCCCCCCCc1cccc(N)c1. The molecule has 0 heterocycles. The molecule has 0 aliphatic heterocycles. The molecule has 0 unspecified atom stereocenters. The van der Waals surface area contributed by atoms with E-state index in [1.165, 1.54) is 82.6 Å². The smallest absolute Gasteiger partial charge is 0.0316 e. The lowest BCUT2D eigenvalue weighted by atomic mass is 10.0. The van der Waals surface area contributed by atoms with Crippen molar-refractivity contribution >= 4 is 5.69 Å². The summed E-state index contributed by atoms with van der Waals surface area (Å²) < 4.78 is 0. The van der Waals surface area contributed by atoms with Gasteiger partial charge in [0.1, 0.15) is 0 Å². The monoisotopic (exact) mass is 275 g/mol. The maximum absolute atomic E-state index is 5.79. The minimum atomic E-state index is 0.894. The van der Waals surface area contributed by atoms with Crippen molar-refractivity contribution in [3.05, 3.63) is 29.8 Å². The number of nitrogen functional groups attached to an aromatic ring is 1. The molecule has 0 aromatic heterocycles. The molecule has 0 saturated heterocycles. The summed E-state index contributed by atoms with van der Waals surface area (Å²) in [4.78, 5) is 0. The number of nitrogens with two attached hydrogens (primary N) is 1. The average molecular weight is 275 g/mol. The molecule has 0 radical (unpaired) electrons. The molecule has 0 amide bonds.